The van der Waals surface area contributed by atoms with Gasteiger partial charge in [0.05, 0.1) is 18.6 Å². The minimum Gasteiger partial charge on any atom is -0.263 e. The van der Waals surface area contributed by atoms with Gasteiger partial charge in [0, 0.05) is 0 Å². The van der Waals surface area contributed by atoms with Crippen molar-refractivity contribution in [2.45, 2.75) is 50.6 Å². The molecule has 0 radical (unpaired) electrons. The average molecular weight is 343 g/mol. The molecule has 8 nitrogen and oxygen atoms in total. The molecule has 1 aromatic heterocycles. The van der Waals surface area contributed by atoms with Crippen LogP contribution in [0.5, 0.6) is 0 Å². The highest BCUT2D eigenvalue weighted by Crippen LogP contribution is 2.58. The van der Waals surface area contributed by atoms with E-state index in [1.807, 2.05) is 0 Å². The van der Waals surface area contributed by atoms with Crippen molar-refractivity contribution in [1.82, 2.24) is 24.6 Å². The first-order valence-electron chi connectivity index (χ1n) is 9.08. The molecule has 25 heavy (non-hydrogen) atoms. The van der Waals surface area contributed by atoms with Crippen molar-refractivity contribution in [2.24, 2.45) is 17.8 Å². The smallest absolute Gasteiger partial charge is 0.263 e. The van der Waals surface area contributed by atoms with E-state index in [4.69, 9.17) is 0 Å². The molecular formula is C17H21N5O3. The largest absolute Gasteiger partial charge is 0.334 e. The van der Waals surface area contributed by atoms with Gasteiger partial charge in [-0.25, -0.2) is 14.7 Å². The summed E-state index contributed by atoms with van der Waals surface area (Å²) >= 11 is 0. The molecule has 0 atom stereocenters. The minimum atomic E-state index is -0.694. The molecule has 4 amide bonds. The second-order valence-electron chi connectivity index (χ2n) is 8.18. The topological polar surface area (TPSA) is 88.4 Å². The number of imide groups is 2. The number of hydrogen-bond acceptors (Lipinski definition) is 5. The number of carbonyl (C=O) groups excluding carboxylic acids is 3. The third kappa shape index (κ3) is 2.15. The summed E-state index contributed by atoms with van der Waals surface area (Å²) in [5.41, 5.74) is -0.416. The van der Waals surface area contributed by atoms with Crippen LogP contribution in [0.15, 0.2) is 12.7 Å². The SMILES string of the molecule is O=C1C(=O)N(C23CC4CC(CC(C4)C2)C3)C(=O)N1CCn1cncn1. The first kappa shape index (κ1) is 15.0. The molecule has 6 rings (SSSR count). The summed E-state index contributed by atoms with van der Waals surface area (Å²) < 4.78 is 1.55. The Morgan fingerprint density at radius 3 is 2.16 bits per heavy atom. The van der Waals surface area contributed by atoms with Gasteiger partial charge >= 0.3 is 17.8 Å². The predicted molar refractivity (Wildman–Crippen MR) is 84.9 cm³/mol. The lowest BCUT2D eigenvalue weighted by Gasteiger charge is -2.58. The van der Waals surface area contributed by atoms with Crippen molar-refractivity contribution in [3.05, 3.63) is 12.7 Å². The van der Waals surface area contributed by atoms with Crippen molar-refractivity contribution in [2.75, 3.05) is 6.54 Å². The Hall–Kier alpha value is -2.25. The number of carbonyl (C=O) groups is 3. The zero-order chi connectivity index (χ0) is 17.2. The van der Waals surface area contributed by atoms with Gasteiger partial charge in [-0.3, -0.25) is 19.2 Å². The van der Waals surface area contributed by atoms with Crippen LogP contribution in [-0.4, -0.2) is 54.5 Å². The number of nitrogens with zero attached hydrogens (tertiary/aromatic N) is 5. The van der Waals surface area contributed by atoms with Crippen LogP contribution in [0.25, 0.3) is 0 Å². The maximum atomic E-state index is 13.0. The summed E-state index contributed by atoms with van der Waals surface area (Å²) in [6, 6.07) is -0.433. The lowest BCUT2D eigenvalue weighted by molar-refractivity contribution is -0.150. The average Bonchev–Trinajstić information content (AvgIpc) is 3.13. The lowest BCUT2D eigenvalue weighted by atomic mass is 9.52. The van der Waals surface area contributed by atoms with Gasteiger partial charge in [0.1, 0.15) is 12.7 Å². The number of urea groups is 1. The van der Waals surface area contributed by atoms with Gasteiger partial charge < -0.3 is 0 Å². The van der Waals surface area contributed by atoms with Gasteiger partial charge in [-0.05, 0) is 56.3 Å². The van der Waals surface area contributed by atoms with Gasteiger partial charge in [-0.15, -0.1) is 0 Å². The van der Waals surface area contributed by atoms with Gasteiger partial charge in [-0.1, -0.05) is 0 Å². The van der Waals surface area contributed by atoms with E-state index in [9.17, 15) is 14.4 Å². The molecule has 4 aliphatic carbocycles. The lowest BCUT2D eigenvalue weighted by Crippen LogP contribution is -2.62. The predicted octanol–water partition coefficient (Wildman–Crippen LogP) is 1.04. The molecule has 8 heteroatoms. The summed E-state index contributed by atoms with van der Waals surface area (Å²) in [6.45, 7) is 0.495. The molecule has 2 heterocycles. The van der Waals surface area contributed by atoms with Crippen LogP contribution < -0.4 is 0 Å². The standard InChI is InChI=1S/C17H21N5O3/c23-14-15(24)22(16(25)21(14)2-1-20-10-18-9-19-20)17-6-11-3-12(7-17)5-13(4-11)8-17/h9-13H,1-8H2. The van der Waals surface area contributed by atoms with Crippen molar-refractivity contribution < 1.29 is 14.4 Å². The van der Waals surface area contributed by atoms with Gasteiger partial charge in [0.15, 0.2) is 0 Å². The van der Waals surface area contributed by atoms with Gasteiger partial charge in [0.25, 0.3) is 0 Å². The third-order valence-electron chi connectivity index (χ3n) is 6.55. The zero-order valence-electron chi connectivity index (χ0n) is 14.0. The Labute approximate surface area is 145 Å². The van der Waals surface area contributed by atoms with E-state index in [0.29, 0.717) is 24.3 Å². The fraction of sp³-hybridized carbons (Fsp3) is 0.706. The zero-order valence-corrected chi connectivity index (χ0v) is 14.0. The summed E-state index contributed by atoms with van der Waals surface area (Å²) in [4.78, 5) is 44.4. The summed E-state index contributed by atoms with van der Waals surface area (Å²) in [6.07, 6.45) is 9.23. The fourth-order valence-corrected chi connectivity index (χ4v) is 6.01. The molecule has 1 saturated heterocycles. The molecule has 4 bridgehead atoms. The molecule has 0 spiro atoms. The Balaban J connectivity index is 1.40. The molecule has 0 unspecified atom stereocenters. The second-order valence-corrected chi connectivity index (χ2v) is 8.18. The highest BCUT2D eigenvalue weighted by Gasteiger charge is 2.60. The summed E-state index contributed by atoms with van der Waals surface area (Å²) in [5, 5.41) is 3.98. The quantitative estimate of drug-likeness (QED) is 0.602. The van der Waals surface area contributed by atoms with Crippen LogP contribution in [0.3, 0.4) is 0 Å². The van der Waals surface area contributed by atoms with Crippen LogP contribution in [0.1, 0.15) is 38.5 Å². The van der Waals surface area contributed by atoms with Crippen molar-refractivity contribution >= 4 is 17.8 Å². The van der Waals surface area contributed by atoms with Crippen LogP contribution in [0.2, 0.25) is 0 Å². The normalized spacial score (nSPS) is 36.8. The molecule has 5 aliphatic rings. The van der Waals surface area contributed by atoms with E-state index >= 15 is 0 Å². The van der Waals surface area contributed by atoms with Crippen LogP contribution in [0.4, 0.5) is 4.79 Å². The van der Waals surface area contributed by atoms with Gasteiger partial charge in [0.2, 0.25) is 0 Å². The molecule has 0 aromatic carbocycles. The Morgan fingerprint density at radius 2 is 1.60 bits per heavy atom. The summed E-state index contributed by atoms with van der Waals surface area (Å²) in [7, 11) is 0. The minimum absolute atomic E-state index is 0.148. The number of aromatic nitrogens is 3. The molecule has 1 aliphatic heterocycles. The number of hydrogen-bond donors (Lipinski definition) is 0. The molecular weight excluding hydrogens is 322 g/mol. The molecule has 4 saturated carbocycles. The van der Waals surface area contributed by atoms with E-state index in [2.05, 4.69) is 10.1 Å². The van der Waals surface area contributed by atoms with Crippen molar-refractivity contribution in [1.29, 1.82) is 0 Å². The van der Waals surface area contributed by atoms with E-state index < -0.39 is 23.4 Å². The van der Waals surface area contributed by atoms with Crippen LogP contribution >= 0.6 is 0 Å². The fourth-order valence-electron chi connectivity index (χ4n) is 6.01. The first-order valence-corrected chi connectivity index (χ1v) is 9.08. The van der Waals surface area contributed by atoms with Crippen molar-refractivity contribution in [3.8, 4) is 0 Å². The maximum Gasteiger partial charge on any atom is 0.334 e. The van der Waals surface area contributed by atoms with Crippen molar-refractivity contribution in [3.63, 3.8) is 0 Å². The van der Waals surface area contributed by atoms with Gasteiger partial charge in [-0.2, -0.15) is 5.10 Å². The summed E-state index contributed by atoms with van der Waals surface area (Å²) in [5.74, 6) is 0.481. The maximum absolute atomic E-state index is 13.0. The number of amides is 4. The molecule has 0 N–H and O–H groups in total. The Morgan fingerprint density at radius 1 is 0.960 bits per heavy atom. The van der Waals surface area contributed by atoms with E-state index in [1.165, 1.54) is 36.8 Å². The molecule has 1 aromatic rings. The van der Waals surface area contributed by atoms with Crippen LogP contribution in [0, 0.1) is 17.8 Å². The Kier molecular flexibility index (Phi) is 3.08. The highest BCUT2D eigenvalue weighted by atomic mass is 16.2. The third-order valence-corrected chi connectivity index (χ3v) is 6.55. The number of rotatable bonds is 4. The monoisotopic (exact) mass is 343 g/mol. The molecule has 132 valence electrons. The van der Waals surface area contributed by atoms with E-state index in [-0.39, 0.29) is 6.54 Å². The Bertz CT molecular complexity index is 708. The first-order chi connectivity index (χ1) is 12.1. The highest BCUT2D eigenvalue weighted by molar-refractivity contribution is 6.44. The van der Waals surface area contributed by atoms with E-state index in [1.54, 1.807) is 4.68 Å². The molecule has 5 fully saturated rings. The van der Waals surface area contributed by atoms with Crippen LogP contribution in [-0.2, 0) is 16.1 Å². The van der Waals surface area contributed by atoms with E-state index in [0.717, 1.165) is 24.2 Å². The second kappa shape index (κ2) is 5.12.